The van der Waals surface area contributed by atoms with Crippen LogP contribution in [0.15, 0.2) is 30.0 Å². The van der Waals surface area contributed by atoms with Crippen LogP contribution in [0.5, 0.6) is 0 Å². The Morgan fingerprint density at radius 2 is 2.31 bits per heavy atom. The lowest BCUT2D eigenvalue weighted by molar-refractivity contribution is -0.422. The number of allylic oxidation sites excluding steroid dienone is 1. The second-order valence-corrected chi connectivity index (χ2v) is 2.60. The molecule has 0 amide bonds. The summed E-state index contributed by atoms with van der Waals surface area (Å²) >= 11 is 0. The van der Waals surface area contributed by atoms with Crippen LogP contribution >= 0.6 is 0 Å². The van der Waals surface area contributed by atoms with Crippen molar-refractivity contribution < 1.29 is 9.31 Å². The van der Waals surface area contributed by atoms with Crippen molar-refractivity contribution in [1.29, 1.82) is 0 Å². The normalized spacial score (nSPS) is 11.4. The molecule has 0 saturated heterocycles. The maximum absolute atomic E-state index is 12.6. The van der Waals surface area contributed by atoms with Gasteiger partial charge < -0.3 is 0 Å². The Kier molecular flexibility index (Phi) is 2.74. The van der Waals surface area contributed by atoms with E-state index in [2.05, 4.69) is 0 Å². The molecule has 0 atom stereocenters. The molecule has 3 nitrogen and oxygen atoms in total. The van der Waals surface area contributed by atoms with Gasteiger partial charge in [-0.2, -0.15) is 0 Å². The van der Waals surface area contributed by atoms with Gasteiger partial charge in [0, 0.05) is 13.0 Å². The van der Waals surface area contributed by atoms with Crippen LogP contribution in [0.3, 0.4) is 0 Å². The number of benzene rings is 1. The molecule has 1 aromatic carbocycles. The summed E-state index contributed by atoms with van der Waals surface area (Å²) in [7, 11) is 0. The number of nitro groups is 1. The summed E-state index contributed by atoms with van der Waals surface area (Å²) in [6, 6.07) is 5.65. The van der Waals surface area contributed by atoms with E-state index in [1.807, 2.05) is 0 Å². The minimum atomic E-state index is -0.509. The Hall–Kier alpha value is -1.71. The number of hydrogen-bond donors (Lipinski definition) is 0. The standard InChI is InChI=1S/C9H8FNO2/c1-7(11(12)13)5-8-3-2-4-9(10)6-8/h2-6H,1H3. The van der Waals surface area contributed by atoms with Crippen LogP contribution < -0.4 is 0 Å². The van der Waals surface area contributed by atoms with Crippen LogP contribution in [-0.2, 0) is 0 Å². The molecule has 0 radical (unpaired) electrons. The minimum Gasteiger partial charge on any atom is -0.259 e. The highest BCUT2D eigenvalue weighted by atomic mass is 19.1. The van der Waals surface area contributed by atoms with E-state index < -0.39 is 10.7 Å². The van der Waals surface area contributed by atoms with Crippen molar-refractivity contribution in [2.45, 2.75) is 6.92 Å². The van der Waals surface area contributed by atoms with Gasteiger partial charge in [0.2, 0.25) is 5.70 Å². The molecular formula is C9H8FNO2. The van der Waals surface area contributed by atoms with Crippen molar-refractivity contribution in [1.82, 2.24) is 0 Å². The summed E-state index contributed by atoms with van der Waals surface area (Å²) in [6.07, 6.45) is 1.32. The smallest absolute Gasteiger partial charge is 0.243 e. The van der Waals surface area contributed by atoms with Gasteiger partial charge in [-0.3, -0.25) is 10.1 Å². The Morgan fingerprint density at radius 3 is 2.85 bits per heavy atom. The van der Waals surface area contributed by atoms with Crippen LogP contribution in [0.4, 0.5) is 4.39 Å². The zero-order valence-corrected chi connectivity index (χ0v) is 7.03. The molecule has 0 aliphatic heterocycles. The van der Waals surface area contributed by atoms with E-state index in [0.29, 0.717) is 5.56 Å². The quantitative estimate of drug-likeness (QED) is 0.519. The number of rotatable bonds is 2. The Labute approximate surface area is 74.7 Å². The number of nitrogens with zero attached hydrogens (tertiary/aromatic N) is 1. The molecule has 1 rings (SSSR count). The second-order valence-electron chi connectivity index (χ2n) is 2.60. The van der Waals surface area contributed by atoms with E-state index in [1.54, 1.807) is 6.07 Å². The molecular weight excluding hydrogens is 173 g/mol. The summed E-state index contributed by atoms with van der Waals surface area (Å²) in [4.78, 5) is 9.72. The van der Waals surface area contributed by atoms with Crippen LogP contribution in [0.25, 0.3) is 6.08 Å². The molecule has 13 heavy (non-hydrogen) atoms. The van der Waals surface area contributed by atoms with Gasteiger partial charge in [0.05, 0.1) is 4.92 Å². The molecule has 0 N–H and O–H groups in total. The average Bonchev–Trinajstić information content (AvgIpc) is 2.04. The van der Waals surface area contributed by atoms with E-state index in [0.717, 1.165) is 0 Å². The van der Waals surface area contributed by atoms with Crippen molar-refractivity contribution in [2.24, 2.45) is 0 Å². The van der Waals surface area contributed by atoms with Gasteiger partial charge in [-0.25, -0.2) is 4.39 Å². The Balaban J connectivity index is 2.97. The van der Waals surface area contributed by atoms with E-state index >= 15 is 0 Å². The SMILES string of the molecule is CC(=Cc1cccc(F)c1)[N+](=O)[O-]. The number of hydrogen-bond acceptors (Lipinski definition) is 2. The Bertz CT molecular complexity index is 360. The first-order valence-corrected chi connectivity index (χ1v) is 3.68. The summed E-state index contributed by atoms with van der Waals surface area (Å²) < 4.78 is 12.6. The fourth-order valence-electron chi connectivity index (χ4n) is 0.890. The Morgan fingerprint density at radius 1 is 1.62 bits per heavy atom. The van der Waals surface area contributed by atoms with Crippen molar-refractivity contribution >= 4 is 6.08 Å². The van der Waals surface area contributed by atoms with Gasteiger partial charge in [0.1, 0.15) is 5.82 Å². The number of halogens is 1. The summed E-state index contributed by atoms with van der Waals surface area (Å²) in [6.45, 7) is 1.37. The molecule has 0 saturated carbocycles. The van der Waals surface area contributed by atoms with Crippen molar-refractivity contribution in [3.05, 3.63) is 51.5 Å². The van der Waals surface area contributed by atoms with Crippen molar-refractivity contribution in [3.8, 4) is 0 Å². The van der Waals surface area contributed by atoms with E-state index in [-0.39, 0.29) is 5.70 Å². The second kappa shape index (κ2) is 3.80. The van der Waals surface area contributed by atoms with E-state index in [9.17, 15) is 14.5 Å². The summed E-state index contributed by atoms with van der Waals surface area (Å²) in [5.41, 5.74) is 0.486. The fraction of sp³-hybridized carbons (Fsp3) is 0.111. The third-order valence-corrected chi connectivity index (χ3v) is 1.51. The zero-order chi connectivity index (χ0) is 9.84. The van der Waals surface area contributed by atoms with Gasteiger partial charge >= 0.3 is 0 Å². The van der Waals surface area contributed by atoms with Crippen LogP contribution in [-0.4, -0.2) is 4.92 Å². The first kappa shape index (κ1) is 9.38. The summed E-state index contributed by atoms with van der Waals surface area (Å²) in [5.74, 6) is -0.398. The lowest BCUT2D eigenvalue weighted by atomic mass is 10.2. The molecule has 1 aromatic rings. The first-order valence-electron chi connectivity index (χ1n) is 3.68. The molecule has 0 heterocycles. The predicted octanol–water partition coefficient (Wildman–Crippen LogP) is 2.46. The monoisotopic (exact) mass is 181 g/mol. The fourth-order valence-corrected chi connectivity index (χ4v) is 0.890. The van der Waals surface area contributed by atoms with Crippen molar-refractivity contribution in [2.75, 3.05) is 0 Å². The maximum Gasteiger partial charge on any atom is 0.243 e. The van der Waals surface area contributed by atoms with Gasteiger partial charge in [-0.05, 0) is 17.7 Å². The van der Waals surface area contributed by atoms with Crippen LogP contribution in [0.1, 0.15) is 12.5 Å². The highest BCUT2D eigenvalue weighted by Gasteiger charge is 2.01. The topological polar surface area (TPSA) is 43.1 Å². The molecule has 0 aliphatic rings. The third kappa shape index (κ3) is 2.66. The molecule has 0 aromatic heterocycles. The zero-order valence-electron chi connectivity index (χ0n) is 7.03. The lowest BCUT2D eigenvalue weighted by Crippen LogP contribution is -1.92. The summed E-state index contributed by atoms with van der Waals surface area (Å²) in [5, 5.41) is 10.2. The van der Waals surface area contributed by atoms with Gasteiger partial charge in [0.25, 0.3) is 0 Å². The lowest BCUT2D eigenvalue weighted by Gasteiger charge is -1.93. The highest BCUT2D eigenvalue weighted by Crippen LogP contribution is 2.08. The van der Waals surface area contributed by atoms with Crippen LogP contribution in [0.2, 0.25) is 0 Å². The molecule has 0 bridgehead atoms. The average molecular weight is 181 g/mol. The van der Waals surface area contributed by atoms with Gasteiger partial charge in [-0.15, -0.1) is 0 Å². The molecule has 0 unspecified atom stereocenters. The molecule has 0 spiro atoms. The maximum atomic E-state index is 12.6. The largest absolute Gasteiger partial charge is 0.259 e. The first-order chi connectivity index (χ1) is 6.09. The highest BCUT2D eigenvalue weighted by molar-refractivity contribution is 5.50. The molecule has 4 heteroatoms. The predicted molar refractivity (Wildman–Crippen MR) is 47.0 cm³/mol. The van der Waals surface area contributed by atoms with E-state index in [1.165, 1.54) is 31.2 Å². The van der Waals surface area contributed by atoms with Crippen LogP contribution in [0, 0.1) is 15.9 Å². The molecule has 0 aliphatic carbocycles. The molecule has 0 fully saturated rings. The third-order valence-electron chi connectivity index (χ3n) is 1.51. The van der Waals surface area contributed by atoms with Gasteiger partial charge in [-0.1, -0.05) is 12.1 Å². The van der Waals surface area contributed by atoms with Gasteiger partial charge in [0.15, 0.2) is 0 Å². The van der Waals surface area contributed by atoms with E-state index in [4.69, 9.17) is 0 Å². The minimum absolute atomic E-state index is 0.00870. The molecule has 68 valence electrons. The van der Waals surface area contributed by atoms with Crippen molar-refractivity contribution in [3.63, 3.8) is 0 Å².